The van der Waals surface area contributed by atoms with Crippen LogP contribution >= 0.6 is 0 Å². The molecule has 128 valence electrons. The van der Waals surface area contributed by atoms with Crippen LogP contribution in [0.2, 0.25) is 0 Å². The van der Waals surface area contributed by atoms with Gasteiger partial charge >= 0.3 is 0 Å². The number of ketones is 1. The molecule has 2 N–H and O–H groups in total. The lowest BCUT2D eigenvalue weighted by atomic mass is 10.0. The smallest absolute Gasteiger partial charge is 0.248 e. The van der Waals surface area contributed by atoms with Crippen molar-refractivity contribution in [3.05, 3.63) is 71.8 Å². The topological polar surface area (TPSA) is 87.7 Å². The van der Waals surface area contributed by atoms with E-state index in [1.807, 2.05) is 12.1 Å². The maximum Gasteiger partial charge on any atom is 0.248 e. The van der Waals surface area contributed by atoms with Crippen molar-refractivity contribution in [2.24, 2.45) is 0 Å². The van der Waals surface area contributed by atoms with E-state index in [1.54, 1.807) is 43.0 Å². The SMILES string of the molecule is O=C(/C=C/c1cnccc1-c1cn[nH]c1)Nc1ccc2c(c1)CCC2=O. The highest BCUT2D eigenvalue weighted by Gasteiger charge is 2.19. The van der Waals surface area contributed by atoms with Gasteiger partial charge in [-0.2, -0.15) is 5.10 Å². The summed E-state index contributed by atoms with van der Waals surface area (Å²) < 4.78 is 0. The Labute approximate surface area is 150 Å². The van der Waals surface area contributed by atoms with Gasteiger partial charge in [0.05, 0.1) is 6.20 Å². The standard InChI is InChI=1S/C20H16N4O2/c25-19-5-1-13-9-16(3-4-18(13)19)24-20(26)6-2-14-10-21-8-7-17(14)15-11-22-23-12-15/h2-4,6-12H,1,5H2,(H,22,23)(H,24,26)/b6-2+. The van der Waals surface area contributed by atoms with Crippen LogP contribution in [0.5, 0.6) is 0 Å². The summed E-state index contributed by atoms with van der Waals surface area (Å²) in [7, 11) is 0. The minimum Gasteiger partial charge on any atom is -0.323 e. The molecule has 6 heteroatoms. The number of nitrogens with one attached hydrogen (secondary N) is 2. The van der Waals surface area contributed by atoms with Gasteiger partial charge in [0.25, 0.3) is 0 Å². The van der Waals surface area contributed by atoms with Crippen LogP contribution in [-0.4, -0.2) is 26.9 Å². The van der Waals surface area contributed by atoms with Crippen molar-refractivity contribution in [2.75, 3.05) is 5.32 Å². The number of anilines is 1. The van der Waals surface area contributed by atoms with Gasteiger partial charge in [0.15, 0.2) is 5.78 Å². The second-order valence-electron chi connectivity index (χ2n) is 6.07. The summed E-state index contributed by atoms with van der Waals surface area (Å²) in [6.07, 6.45) is 11.4. The van der Waals surface area contributed by atoms with Gasteiger partial charge in [-0.15, -0.1) is 0 Å². The van der Waals surface area contributed by atoms with Crippen LogP contribution in [-0.2, 0) is 11.2 Å². The molecular weight excluding hydrogens is 328 g/mol. The molecule has 6 nitrogen and oxygen atoms in total. The zero-order valence-corrected chi connectivity index (χ0v) is 13.9. The quantitative estimate of drug-likeness (QED) is 0.711. The average Bonchev–Trinajstić information content (AvgIpc) is 3.31. The normalized spacial score (nSPS) is 13.2. The number of benzene rings is 1. The second-order valence-corrected chi connectivity index (χ2v) is 6.07. The van der Waals surface area contributed by atoms with E-state index in [4.69, 9.17) is 0 Å². The van der Waals surface area contributed by atoms with Crippen molar-refractivity contribution in [1.29, 1.82) is 0 Å². The predicted octanol–water partition coefficient (Wildman–Crippen LogP) is 3.25. The van der Waals surface area contributed by atoms with E-state index >= 15 is 0 Å². The number of H-pyrrole nitrogens is 1. The monoisotopic (exact) mass is 344 g/mol. The Kier molecular flexibility index (Phi) is 4.15. The molecule has 4 rings (SSSR count). The molecule has 0 fully saturated rings. The highest BCUT2D eigenvalue weighted by molar-refractivity contribution is 6.04. The molecule has 0 spiro atoms. The fraction of sp³-hybridized carbons (Fsp3) is 0.100. The summed E-state index contributed by atoms with van der Waals surface area (Å²) in [6.45, 7) is 0. The van der Waals surface area contributed by atoms with Gasteiger partial charge in [0, 0.05) is 53.5 Å². The minimum absolute atomic E-state index is 0.168. The van der Waals surface area contributed by atoms with E-state index in [-0.39, 0.29) is 11.7 Å². The van der Waals surface area contributed by atoms with Crippen molar-refractivity contribution >= 4 is 23.5 Å². The summed E-state index contributed by atoms with van der Waals surface area (Å²) in [5, 5.41) is 9.57. The van der Waals surface area contributed by atoms with Gasteiger partial charge < -0.3 is 5.32 Å². The van der Waals surface area contributed by atoms with Gasteiger partial charge in [-0.25, -0.2) is 0 Å². The van der Waals surface area contributed by atoms with E-state index in [0.717, 1.165) is 34.2 Å². The van der Waals surface area contributed by atoms with Gasteiger partial charge in [-0.05, 0) is 47.9 Å². The zero-order chi connectivity index (χ0) is 17.9. The number of Topliss-reactive ketones (excluding diaryl/α,β-unsaturated/α-hetero) is 1. The van der Waals surface area contributed by atoms with Crippen LogP contribution in [0, 0.1) is 0 Å². The molecule has 2 aromatic heterocycles. The maximum atomic E-state index is 12.2. The van der Waals surface area contributed by atoms with Gasteiger partial charge in [-0.3, -0.25) is 19.7 Å². The minimum atomic E-state index is -0.240. The molecule has 0 unspecified atom stereocenters. The van der Waals surface area contributed by atoms with E-state index in [2.05, 4.69) is 20.5 Å². The molecule has 0 saturated heterocycles. The molecule has 2 heterocycles. The van der Waals surface area contributed by atoms with Crippen LogP contribution in [0.25, 0.3) is 17.2 Å². The summed E-state index contributed by atoms with van der Waals surface area (Å²) >= 11 is 0. The Hall–Kier alpha value is -3.54. The number of aromatic nitrogens is 3. The Morgan fingerprint density at radius 3 is 2.92 bits per heavy atom. The molecule has 1 aromatic carbocycles. The molecule has 26 heavy (non-hydrogen) atoms. The summed E-state index contributed by atoms with van der Waals surface area (Å²) in [5.74, 6) is -0.0719. The van der Waals surface area contributed by atoms with E-state index < -0.39 is 0 Å². The average molecular weight is 344 g/mol. The first-order chi connectivity index (χ1) is 12.7. The van der Waals surface area contributed by atoms with Crippen LogP contribution in [0.15, 0.2) is 55.1 Å². The Balaban J connectivity index is 1.50. The van der Waals surface area contributed by atoms with Gasteiger partial charge in [0.1, 0.15) is 0 Å². The highest BCUT2D eigenvalue weighted by Crippen LogP contribution is 2.25. The van der Waals surface area contributed by atoms with Gasteiger partial charge in [0.2, 0.25) is 5.91 Å². The van der Waals surface area contributed by atoms with Crippen LogP contribution in [0.1, 0.15) is 27.9 Å². The molecule has 1 amide bonds. The number of aromatic amines is 1. The first kappa shape index (κ1) is 16.0. The van der Waals surface area contributed by atoms with Gasteiger partial charge in [-0.1, -0.05) is 0 Å². The number of hydrogen-bond acceptors (Lipinski definition) is 4. The summed E-state index contributed by atoms with van der Waals surface area (Å²) in [5.41, 5.74) is 5.13. The third-order valence-electron chi connectivity index (χ3n) is 4.37. The third kappa shape index (κ3) is 3.17. The fourth-order valence-corrected chi connectivity index (χ4v) is 3.08. The van der Waals surface area contributed by atoms with E-state index in [9.17, 15) is 9.59 Å². The second kappa shape index (κ2) is 6.76. The van der Waals surface area contributed by atoms with E-state index in [1.165, 1.54) is 6.08 Å². The number of aryl methyl sites for hydroxylation is 1. The Bertz CT molecular complexity index is 1010. The summed E-state index contributed by atoms with van der Waals surface area (Å²) in [6, 6.07) is 7.28. The molecule has 0 aliphatic heterocycles. The lowest BCUT2D eigenvalue weighted by Crippen LogP contribution is -2.08. The van der Waals surface area contributed by atoms with Crippen LogP contribution < -0.4 is 5.32 Å². The maximum absolute atomic E-state index is 12.2. The first-order valence-corrected chi connectivity index (χ1v) is 8.29. The largest absolute Gasteiger partial charge is 0.323 e. The van der Waals surface area contributed by atoms with Crippen molar-refractivity contribution in [2.45, 2.75) is 12.8 Å². The molecule has 0 saturated carbocycles. The number of amides is 1. The molecule has 0 radical (unpaired) electrons. The summed E-state index contributed by atoms with van der Waals surface area (Å²) in [4.78, 5) is 28.0. The molecule has 3 aromatic rings. The van der Waals surface area contributed by atoms with Crippen molar-refractivity contribution in [1.82, 2.24) is 15.2 Å². The fourth-order valence-electron chi connectivity index (χ4n) is 3.08. The Morgan fingerprint density at radius 1 is 1.15 bits per heavy atom. The number of fused-ring (bicyclic) bond motifs is 1. The van der Waals surface area contributed by atoms with Crippen molar-refractivity contribution in [3.8, 4) is 11.1 Å². The highest BCUT2D eigenvalue weighted by atomic mass is 16.1. The number of carbonyl (C=O) groups is 2. The molecule has 0 bridgehead atoms. The van der Waals surface area contributed by atoms with Crippen LogP contribution in [0.4, 0.5) is 5.69 Å². The zero-order valence-electron chi connectivity index (χ0n) is 13.9. The van der Waals surface area contributed by atoms with E-state index in [0.29, 0.717) is 12.1 Å². The van der Waals surface area contributed by atoms with Crippen molar-refractivity contribution in [3.63, 3.8) is 0 Å². The number of pyridine rings is 1. The third-order valence-corrected chi connectivity index (χ3v) is 4.37. The number of carbonyl (C=O) groups excluding carboxylic acids is 2. The lowest BCUT2D eigenvalue weighted by molar-refractivity contribution is -0.111. The van der Waals surface area contributed by atoms with Crippen LogP contribution in [0.3, 0.4) is 0 Å². The molecular formula is C20H16N4O2. The molecule has 0 atom stereocenters. The predicted molar refractivity (Wildman–Crippen MR) is 98.6 cm³/mol. The number of rotatable bonds is 4. The van der Waals surface area contributed by atoms with Crippen molar-refractivity contribution < 1.29 is 9.59 Å². The lowest BCUT2D eigenvalue weighted by Gasteiger charge is -2.05. The Morgan fingerprint density at radius 2 is 2.08 bits per heavy atom. The molecule has 1 aliphatic rings. The number of nitrogens with zero attached hydrogens (tertiary/aromatic N) is 2. The molecule has 1 aliphatic carbocycles. The number of hydrogen-bond donors (Lipinski definition) is 2. The first-order valence-electron chi connectivity index (χ1n) is 8.29.